The molecule has 0 bridgehead atoms. The Bertz CT molecular complexity index is 767. The minimum absolute atomic E-state index is 0.0249. The molecular formula is C20H25N3O4. The number of nitrogens with one attached hydrogen (secondary N) is 1. The highest BCUT2D eigenvalue weighted by Gasteiger charge is 2.26. The van der Waals surface area contributed by atoms with Crippen molar-refractivity contribution in [2.75, 3.05) is 32.1 Å². The molecule has 1 heterocycles. The number of piperidine rings is 1. The fraction of sp³-hybridized carbons (Fsp3) is 0.450. The molecule has 7 heteroatoms. The van der Waals surface area contributed by atoms with Crippen LogP contribution >= 0.6 is 0 Å². The summed E-state index contributed by atoms with van der Waals surface area (Å²) in [6, 6.07) is 7.36. The highest BCUT2D eigenvalue weighted by molar-refractivity contribution is 6.07. The summed E-state index contributed by atoms with van der Waals surface area (Å²) in [5, 5.41) is 12.1. The van der Waals surface area contributed by atoms with E-state index < -0.39 is 5.91 Å². The Morgan fingerprint density at radius 2 is 2.22 bits per heavy atom. The Morgan fingerprint density at radius 3 is 2.89 bits per heavy atom. The maximum atomic E-state index is 12.5. The summed E-state index contributed by atoms with van der Waals surface area (Å²) < 4.78 is 10.3. The highest BCUT2D eigenvalue weighted by atomic mass is 16.5. The zero-order valence-electron chi connectivity index (χ0n) is 15.9. The van der Waals surface area contributed by atoms with Gasteiger partial charge in [0.15, 0.2) is 0 Å². The van der Waals surface area contributed by atoms with E-state index in [-0.39, 0.29) is 17.5 Å². The first-order chi connectivity index (χ1) is 13.0. The van der Waals surface area contributed by atoms with Crippen LogP contribution in [0.15, 0.2) is 30.0 Å². The molecule has 0 aliphatic carbocycles. The van der Waals surface area contributed by atoms with E-state index in [9.17, 15) is 14.9 Å². The van der Waals surface area contributed by atoms with E-state index in [1.165, 1.54) is 13.3 Å². The van der Waals surface area contributed by atoms with Crippen molar-refractivity contribution in [3.8, 4) is 11.8 Å². The molecule has 144 valence electrons. The highest BCUT2D eigenvalue weighted by Crippen LogP contribution is 2.26. The van der Waals surface area contributed by atoms with E-state index in [4.69, 9.17) is 9.47 Å². The molecule has 0 spiro atoms. The topological polar surface area (TPSA) is 91.7 Å². The van der Waals surface area contributed by atoms with E-state index >= 15 is 0 Å². The molecule has 1 aliphatic heterocycles. The molecule has 1 N–H and O–H groups in total. The molecule has 1 amide bonds. The number of anilines is 1. The number of amides is 1. The molecule has 2 rings (SSSR count). The third-order valence-electron chi connectivity index (χ3n) is 4.35. The smallest absolute Gasteiger partial charge is 0.310 e. The van der Waals surface area contributed by atoms with Crippen LogP contribution in [0.5, 0.6) is 5.75 Å². The van der Waals surface area contributed by atoms with Gasteiger partial charge in [0.2, 0.25) is 0 Å². The van der Waals surface area contributed by atoms with Crippen molar-refractivity contribution in [2.45, 2.75) is 26.7 Å². The number of ether oxygens (including phenoxy) is 2. The van der Waals surface area contributed by atoms with E-state index in [0.29, 0.717) is 31.1 Å². The molecule has 0 saturated carbocycles. The number of carbonyl (C=O) groups excluding carboxylic acids is 2. The van der Waals surface area contributed by atoms with Gasteiger partial charge in [0.05, 0.1) is 25.3 Å². The molecular weight excluding hydrogens is 346 g/mol. The minimum atomic E-state index is -0.514. The second-order valence-electron chi connectivity index (χ2n) is 6.40. The Morgan fingerprint density at radius 1 is 1.44 bits per heavy atom. The summed E-state index contributed by atoms with van der Waals surface area (Å²) in [6.45, 7) is 5.14. The number of nitriles is 1. The minimum Gasteiger partial charge on any atom is -0.495 e. The van der Waals surface area contributed by atoms with Crippen molar-refractivity contribution in [3.05, 3.63) is 35.5 Å². The largest absolute Gasteiger partial charge is 0.495 e. The summed E-state index contributed by atoms with van der Waals surface area (Å²) in [4.78, 5) is 26.3. The van der Waals surface area contributed by atoms with Crippen LogP contribution in [-0.2, 0) is 14.3 Å². The number of methoxy groups -OCH3 is 1. The van der Waals surface area contributed by atoms with Crippen molar-refractivity contribution in [2.24, 2.45) is 5.92 Å². The van der Waals surface area contributed by atoms with Gasteiger partial charge in [-0.15, -0.1) is 0 Å². The third kappa shape index (κ3) is 5.48. The van der Waals surface area contributed by atoms with Crippen LogP contribution in [-0.4, -0.2) is 43.6 Å². The number of hydrogen-bond donors (Lipinski definition) is 1. The lowest BCUT2D eigenvalue weighted by atomic mass is 9.98. The molecule has 1 aromatic carbocycles. The van der Waals surface area contributed by atoms with Crippen LogP contribution in [0.4, 0.5) is 5.69 Å². The fourth-order valence-electron chi connectivity index (χ4n) is 3.01. The molecule has 1 aromatic rings. The Labute approximate surface area is 159 Å². The standard InChI is InChI=1S/C20H25N3O4/c1-4-27-20(25)15-6-5-9-23(12-15)13-16(11-21)19(24)22-17-10-14(2)7-8-18(17)26-3/h7-8,10,13,15H,4-6,9,12H2,1-3H3,(H,22,24)/b16-13-. The maximum Gasteiger partial charge on any atom is 0.310 e. The van der Waals surface area contributed by atoms with Gasteiger partial charge >= 0.3 is 5.97 Å². The van der Waals surface area contributed by atoms with Gasteiger partial charge in [-0.1, -0.05) is 6.07 Å². The van der Waals surface area contributed by atoms with E-state index in [0.717, 1.165) is 18.4 Å². The zero-order chi connectivity index (χ0) is 19.8. The number of rotatable bonds is 6. The van der Waals surface area contributed by atoms with Gasteiger partial charge in [0, 0.05) is 19.3 Å². The number of hydrogen-bond acceptors (Lipinski definition) is 6. The lowest BCUT2D eigenvalue weighted by Gasteiger charge is -2.30. The average Bonchev–Trinajstić information content (AvgIpc) is 2.66. The van der Waals surface area contributed by atoms with Gasteiger partial charge in [-0.2, -0.15) is 5.26 Å². The SMILES string of the molecule is CCOC(=O)C1CCCN(/C=C(/C#N)C(=O)Nc2cc(C)ccc2OC)C1. The first kappa shape index (κ1) is 20.3. The first-order valence-corrected chi connectivity index (χ1v) is 8.97. The number of esters is 1. The van der Waals surface area contributed by atoms with E-state index in [2.05, 4.69) is 5.32 Å². The lowest BCUT2D eigenvalue weighted by Crippen LogP contribution is -2.37. The van der Waals surface area contributed by atoms with E-state index in [1.807, 2.05) is 24.0 Å². The molecule has 0 radical (unpaired) electrons. The quantitative estimate of drug-likeness (QED) is 0.469. The summed E-state index contributed by atoms with van der Waals surface area (Å²) in [7, 11) is 1.52. The number of likely N-dealkylation sites (tertiary alicyclic amines) is 1. The van der Waals surface area contributed by atoms with E-state index in [1.54, 1.807) is 19.1 Å². The maximum absolute atomic E-state index is 12.5. The monoisotopic (exact) mass is 371 g/mol. The van der Waals surface area contributed by atoms with Crippen LogP contribution in [0, 0.1) is 24.2 Å². The van der Waals surface area contributed by atoms with Crippen LogP contribution in [0.3, 0.4) is 0 Å². The molecule has 1 atom stereocenters. The molecule has 1 aliphatic rings. The Balaban J connectivity index is 2.11. The molecule has 7 nitrogen and oxygen atoms in total. The summed E-state index contributed by atoms with van der Waals surface area (Å²) in [5.74, 6) is -0.468. The second-order valence-corrected chi connectivity index (χ2v) is 6.40. The molecule has 1 unspecified atom stereocenters. The van der Waals surface area contributed by atoms with Crippen LogP contribution in [0.25, 0.3) is 0 Å². The van der Waals surface area contributed by atoms with Crippen molar-refractivity contribution in [1.82, 2.24) is 4.90 Å². The predicted octanol–water partition coefficient (Wildman–Crippen LogP) is 2.62. The normalized spacial score (nSPS) is 17.0. The van der Waals surface area contributed by atoms with Crippen molar-refractivity contribution < 1.29 is 19.1 Å². The lowest BCUT2D eigenvalue weighted by molar-refractivity contribution is -0.149. The average molecular weight is 371 g/mol. The van der Waals surface area contributed by atoms with Crippen LogP contribution in [0.1, 0.15) is 25.3 Å². The van der Waals surface area contributed by atoms with Gasteiger partial charge in [-0.3, -0.25) is 9.59 Å². The van der Waals surface area contributed by atoms with Gasteiger partial charge in [-0.25, -0.2) is 0 Å². The Kier molecular flexibility index (Phi) is 7.24. The number of carbonyl (C=O) groups is 2. The van der Waals surface area contributed by atoms with Crippen LogP contribution in [0.2, 0.25) is 0 Å². The molecule has 1 saturated heterocycles. The summed E-state index contributed by atoms with van der Waals surface area (Å²) >= 11 is 0. The summed E-state index contributed by atoms with van der Waals surface area (Å²) in [5.41, 5.74) is 1.44. The third-order valence-corrected chi connectivity index (χ3v) is 4.35. The van der Waals surface area contributed by atoms with Crippen molar-refractivity contribution >= 4 is 17.6 Å². The zero-order valence-corrected chi connectivity index (χ0v) is 15.9. The number of benzene rings is 1. The van der Waals surface area contributed by atoms with Crippen molar-refractivity contribution in [3.63, 3.8) is 0 Å². The number of nitrogens with zero attached hydrogens (tertiary/aromatic N) is 2. The predicted molar refractivity (Wildman–Crippen MR) is 101 cm³/mol. The van der Waals surface area contributed by atoms with Gasteiger partial charge in [0.25, 0.3) is 5.91 Å². The van der Waals surface area contributed by atoms with Crippen LogP contribution < -0.4 is 10.1 Å². The molecule has 27 heavy (non-hydrogen) atoms. The van der Waals surface area contributed by atoms with Gasteiger partial charge in [-0.05, 0) is 44.4 Å². The van der Waals surface area contributed by atoms with Gasteiger partial charge in [0.1, 0.15) is 17.4 Å². The molecule has 1 fully saturated rings. The Hall–Kier alpha value is -3.01. The first-order valence-electron chi connectivity index (χ1n) is 8.97. The number of aryl methyl sites for hydroxylation is 1. The van der Waals surface area contributed by atoms with Crippen molar-refractivity contribution in [1.29, 1.82) is 5.26 Å². The van der Waals surface area contributed by atoms with Gasteiger partial charge < -0.3 is 19.7 Å². The second kappa shape index (κ2) is 9.62. The fourth-order valence-corrected chi connectivity index (χ4v) is 3.01. The summed E-state index contributed by atoms with van der Waals surface area (Å²) in [6.07, 6.45) is 3.06. The molecule has 0 aromatic heterocycles.